The maximum atomic E-state index is 14.8. The fourth-order valence-corrected chi connectivity index (χ4v) is 4.98. The van der Waals surface area contributed by atoms with Gasteiger partial charge in [0.05, 0.1) is 24.5 Å². The predicted octanol–water partition coefficient (Wildman–Crippen LogP) is 4.38. The molecule has 0 fully saturated rings. The molecule has 0 amide bonds. The molecule has 4 heterocycles. The van der Waals surface area contributed by atoms with Crippen LogP contribution in [0.25, 0.3) is 5.00 Å². The summed E-state index contributed by atoms with van der Waals surface area (Å²) in [4.78, 5) is 9.35. The summed E-state index contributed by atoms with van der Waals surface area (Å²) in [5.41, 5.74) is 1.39. The third-order valence-electron chi connectivity index (χ3n) is 5.18. The lowest BCUT2D eigenvalue weighted by Crippen LogP contribution is -2.15. The van der Waals surface area contributed by atoms with E-state index in [1.807, 2.05) is 20.8 Å². The summed E-state index contributed by atoms with van der Waals surface area (Å²) in [6.45, 7) is 6.44. The van der Waals surface area contributed by atoms with Gasteiger partial charge in [-0.3, -0.25) is 4.99 Å². The van der Waals surface area contributed by atoms with Crippen LogP contribution in [0.1, 0.15) is 55.2 Å². The van der Waals surface area contributed by atoms with Crippen molar-refractivity contribution in [2.75, 3.05) is 6.61 Å². The molecule has 2 atom stereocenters. The Morgan fingerprint density at radius 1 is 1.20 bits per heavy atom. The Hall–Kier alpha value is -2.65. The van der Waals surface area contributed by atoms with E-state index < -0.39 is 17.7 Å². The Balaban J connectivity index is 1.83. The predicted molar refractivity (Wildman–Crippen MR) is 109 cm³/mol. The molecule has 0 saturated heterocycles. The SMILES string of the molecule is CCc1nc2n(n1)-c1sc3c(c1C(c1c(F)cccc1F)=N[C@H]2C)COC[C@H](C)O3. The van der Waals surface area contributed by atoms with Crippen LogP contribution in [0.5, 0.6) is 5.06 Å². The van der Waals surface area contributed by atoms with Gasteiger partial charge >= 0.3 is 0 Å². The van der Waals surface area contributed by atoms with Crippen LogP contribution < -0.4 is 4.74 Å². The normalized spacial score (nSPS) is 20.4. The van der Waals surface area contributed by atoms with Crippen LogP contribution in [-0.2, 0) is 17.8 Å². The fourth-order valence-electron chi connectivity index (χ4n) is 3.76. The van der Waals surface area contributed by atoms with E-state index in [2.05, 4.69) is 10.1 Å². The molecule has 5 rings (SSSR count). The lowest BCUT2D eigenvalue weighted by atomic mass is 9.99. The minimum absolute atomic E-state index is 0.139. The molecule has 0 aliphatic carbocycles. The van der Waals surface area contributed by atoms with Gasteiger partial charge in [0.25, 0.3) is 0 Å². The number of thiophene rings is 1. The van der Waals surface area contributed by atoms with Crippen molar-refractivity contribution >= 4 is 17.0 Å². The summed E-state index contributed by atoms with van der Waals surface area (Å²) in [6.07, 6.45) is 0.530. The highest BCUT2D eigenvalue weighted by Gasteiger charge is 2.35. The Labute approximate surface area is 176 Å². The lowest BCUT2D eigenvalue weighted by molar-refractivity contribution is 0.0691. The van der Waals surface area contributed by atoms with Crippen LogP contribution in [0.2, 0.25) is 0 Å². The summed E-state index contributed by atoms with van der Waals surface area (Å²) in [7, 11) is 0. The Morgan fingerprint density at radius 3 is 2.70 bits per heavy atom. The van der Waals surface area contributed by atoms with Gasteiger partial charge in [0.2, 0.25) is 0 Å². The molecule has 9 heteroatoms. The van der Waals surface area contributed by atoms with Gasteiger partial charge in [0.15, 0.2) is 16.7 Å². The fraction of sp³-hybridized carbons (Fsp3) is 0.381. The second-order valence-electron chi connectivity index (χ2n) is 7.39. The third-order valence-corrected chi connectivity index (χ3v) is 6.27. The summed E-state index contributed by atoms with van der Waals surface area (Å²) in [6, 6.07) is 3.39. The molecule has 0 N–H and O–H groups in total. The monoisotopic (exact) mass is 430 g/mol. The Bertz CT molecular complexity index is 1150. The number of hydrogen-bond donors (Lipinski definition) is 0. The first kappa shape index (κ1) is 19.3. The average molecular weight is 430 g/mol. The number of aromatic nitrogens is 3. The van der Waals surface area contributed by atoms with Crippen molar-refractivity contribution in [3.05, 3.63) is 58.2 Å². The summed E-state index contributed by atoms with van der Waals surface area (Å²) >= 11 is 1.38. The van der Waals surface area contributed by atoms with E-state index in [9.17, 15) is 8.78 Å². The average Bonchev–Trinajstić information content (AvgIpc) is 3.21. The molecule has 2 aromatic heterocycles. The molecule has 0 unspecified atom stereocenters. The maximum absolute atomic E-state index is 14.8. The van der Waals surface area contributed by atoms with Crippen molar-refractivity contribution in [2.24, 2.45) is 4.99 Å². The van der Waals surface area contributed by atoms with E-state index in [-0.39, 0.29) is 24.0 Å². The van der Waals surface area contributed by atoms with Gasteiger partial charge in [-0.2, -0.15) is 5.10 Å². The second-order valence-corrected chi connectivity index (χ2v) is 8.36. The maximum Gasteiger partial charge on any atom is 0.182 e. The molecule has 30 heavy (non-hydrogen) atoms. The zero-order valence-electron chi connectivity index (χ0n) is 16.8. The number of nitrogens with zero attached hydrogens (tertiary/aromatic N) is 4. The van der Waals surface area contributed by atoms with Crippen molar-refractivity contribution in [3.63, 3.8) is 0 Å². The lowest BCUT2D eigenvalue weighted by Gasteiger charge is -2.12. The highest BCUT2D eigenvalue weighted by Crippen LogP contribution is 2.44. The first-order valence-corrected chi connectivity index (χ1v) is 10.7. The number of rotatable bonds is 2. The third kappa shape index (κ3) is 2.95. The standard InChI is InChI=1S/C21H20F2N4O2S/c1-4-15-25-19-11(3)24-18(17-13(22)6-5-7-14(17)23)16-12-9-28-8-10(2)29-21(12)30-20(16)27(19)26-15/h5-7,10-11H,4,8-9H2,1-3H3/t10-,11-/m0/s1. The number of aryl methyl sites for hydroxylation is 1. The summed E-state index contributed by atoms with van der Waals surface area (Å²) < 4.78 is 43.2. The smallest absolute Gasteiger partial charge is 0.182 e. The number of halogens is 2. The number of benzene rings is 1. The first-order chi connectivity index (χ1) is 14.5. The van der Waals surface area contributed by atoms with Crippen molar-refractivity contribution in [1.29, 1.82) is 0 Å². The van der Waals surface area contributed by atoms with Crippen LogP contribution >= 0.6 is 11.3 Å². The second kappa shape index (κ2) is 7.24. The quantitative estimate of drug-likeness (QED) is 0.605. The summed E-state index contributed by atoms with van der Waals surface area (Å²) in [5.74, 6) is -0.0206. The Kier molecular flexibility index (Phi) is 4.67. The highest BCUT2D eigenvalue weighted by atomic mass is 32.1. The first-order valence-electron chi connectivity index (χ1n) is 9.86. The van der Waals surface area contributed by atoms with Gasteiger partial charge in [-0.05, 0) is 26.0 Å². The number of ether oxygens (including phenoxy) is 2. The van der Waals surface area contributed by atoms with Gasteiger partial charge < -0.3 is 9.47 Å². The summed E-state index contributed by atoms with van der Waals surface area (Å²) in [5, 5.41) is 5.98. The van der Waals surface area contributed by atoms with Crippen LogP contribution in [0.4, 0.5) is 8.78 Å². The van der Waals surface area contributed by atoms with Gasteiger partial charge in [-0.1, -0.05) is 24.3 Å². The van der Waals surface area contributed by atoms with E-state index in [0.717, 1.165) is 5.56 Å². The van der Waals surface area contributed by atoms with Gasteiger partial charge in [-0.25, -0.2) is 18.4 Å². The molecule has 2 aliphatic rings. The molecule has 0 radical (unpaired) electrons. The molecule has 0 saturated carbocycles. The molecule has 0 spiro atoms. The van der Waals surface area contributed by atoms with E-state index in [1.165, 1.54) is 29.5 Å². The zero-order chi connectivity index (χ0) is 21.0. The molecular weight excluding hydrogens is 410 g/mol. The van der Waals surface area contributed by atoms with Crippen LogP contribution in [0, 0.1) is 11.6 Å². The Morgan fingerprint density at radius 2 is 1.97 bits per heavy atom. The van der Waals surface area contributed by atoms with Crippen LogP contribution in [0.3, 0.4) is 0 Å². The van der Waals surface area contributed by atoms with Crippen molar-refractivity contribution in [2.45, 2.75) is 45.9 Å². The molecule has 3 aromatic rings. The topological polar surface area (TPSA) is 61.5 Å². The minimum atomic E-state index is -0.669. The molecule has 6 nitrogen and oxygen atoms in total. The van der Waals surface area contributed by atoms with E-state index >= 15 is 0 Å². The largest absolute Gasteiger partial charge is 0.478 e. The van der Waals surface area contributed by atoms with Crippen molar-refractivity contribution < 1.29 is 18.3 Å². The van der Waals surface area contributed by atoms with Crippen molar-refractivity contribution in [3.8, 4) is 10.1 Å². The number of aliphatic imine (C=N–C) groups is 1. The van der Waals surface area contributed by atoms with Gasteiger partial charge in [0.1, 0.15) is 28.8 Å². The van der Waals surface area contributed by atoms with E-state index in [4.69, 9.17) is 14.5 Å². The van der Waals surface area contributed by atoms with Crippen LogP contribution in [-0.4, -0.2) is 33.2 Å². The van der Waals surface area contributed by atoms with Crippen molar-refractivity contribution in [1.82, 2.24) is 14.8 Å². The van der Waals surface area contributed by atoms with Crippen LogP contribution in [0.15, 0.2) is 23.2 Å². The number of fused-ring (bicyclic) bond motifs is 5. The molecule has 2 aliphatic heterocycles. The molecular formula is C21H20F2N4O2S. The number of hydrogen-bond acceptors (Lipinski definition) is 6. The zero-order valence-corrected chi connectivity index (χ0v) is 17.6. The molecule has 1 aromatic carbocycles. The van der Waals surface area contributed by atoms with E-state index in [0.29, 0.717) is 40.3 Å². The minimum Gasteiger partial charge on any atom is -0.478 e. The molecule has 156 valence electrons. The van der Waals surface area contributed by atoms with Gasteiger partial charge in [0, 0.05) is 17.5 Å². The van der Waals surface area contributed by atoms with Gasteiger partial charge in [-0.15, -0.1) is 0 Å². The highest BCUT2D eigenvalue weighted by molar-refractivity contribution is 7.17. The molecule has 0 bridgehead atoms. The van der Waals surface area contributed by atoms with E-state index in [1.54, 1.807) is 4.68 Å².